The van der Waals surface area contributed by atoms with Crippen molar-refractivity contribution in [3.8, 4) is 0 Å². The van der Waals surface area contributed by atoms with Crippen LogP contribution in [-0.2, 0) is 6.54 Å². The maximum atomic E-state index is 10.7. The second-order valence-electron chi connectivity index (χ2n) is 4.54. The lowest BCUT2D eigenvalue weighted by atomic mass is 10.2. The van der Waals surface area contributed by atoms with Gasteiger partial charge < -0.3 is 4.57 Å². The Kier molecular flexibility index (Phi) is 2.22. The van der Waals surface area contributed by atoms with Gasteiger partial charge in [0.2, 0.25) is 0 Å². The van der Waals surface area contributed by atoms with Gasteiger partial charge in [-0.3, -0.25) is 4.79 Å². The van der Waals surface area contributed by atoms with Gasteiger partial charge in [0.15, 0.2) is 6.29 Å². The van der Waals surface area contributed by atoms with Gasteiger partial charge in [-0.15, -0.1) is 0 Å². The van der Waals surface area contributed by atoms with Gasteiger partial charge >= 0.3 is 0 Å². The van der Waals surface area contributed by atoms with Crippen LogP contribution in [0, 0.1) is 25.7 Å². The maximum absolute atomic E-state index is 10.7. The summed E-state index contributed by atoms with van der Waals surface area (Å²) >= 11 is 0. The lowest BCUT2D eigenvalue weighted by Gasteiger charge is -2.04. The Balaban J connectivity index is 2.20. The molecule has 2 unspecified atom stereocenters. The third-order valence-corrected chi connectivity index (χ3v) is 3.54. The number of carbonyl (C=O) groups is 1. The van der Waals surface area contributed by atoms with Gasteiger partial charge in [0.25, 0.3) is 0 Å². The summed E-state index contributed by atoms with van der Waals surface area (Å²) in [5.74, 6) is 1.71. The summed E-state index contributed by atoms with van der Waals surface area (Å²) in [4.78, 5) is 10.7. The fourth-order valence-electron chi connectivity index (χ4n) is 2.00. The van der Waals surface area contributed by atoms with Gasteiger partial charge in [0.05, 0.1) is 0 Å². The Morgan fingerprint density at radius 1 is 1.57 bits per heavy atom. The summed E-state index contributed by atoms with van der Waals surface area (Å²) in [7, 11) is 0. The van der Waals surface area contributed by atoms with Crippen LogP contribution in [0.25, 0.3) is 0 Å². The number of hydrogen-bond donors (Lipinski definition) is 0. The summed E-state index contributed by atoms with van der Waals surface area (Å²) in [6.45, 7) is 7.49. The minimum Gasteiger partial charge on any atom is -0.350 e. The Hall–Kier alpha value is -1.05. The number of aromatic nitrogens is 1. The molecule has 0 amide bonds. The highest BCUT2D eigenvalue weighted by atomic mass is 16.1. The highest BCUT2D eigenvalue weighted by Gasteiger charge is 2.32. The molecule has 1 aliphatic carbocycles. The Labute approximate surface area is 84.9 Å². The van der Waals surface area contributed by atoms with E-state index in [-0.39, 0.29) is 0 Å². The fourth-order valence-corrected chi connectivity index (χ4v) is 2.00. The van der Waals surface area contributed by atoms with Gasteiger partial charge in [-0.1, -0.05) is 6.92 Å². The summed E-state index contributed by atoms with van der Waals surface area (Å²) in [5.41, 5.74) is 3.22. The minimum atomic E-state index is 0.833. The molecule has 1 aromatic rings. The normalized spacial score (nSPS) is 25.1. The van der Waals surface area contributed by atoms with E-state index in [9.17, 15) is 4.79 Å². The van der Waals surface area contributed by atoms with Gasteiger partial charge in [0, 0.05) is 24.0 Å². The molecule has 2 nitrogen and oxygen atoms in total. The first kappa shape index (κ1) is 9.50. The van der Waals surface area contributed by atoms with Gasteiger partial charge in [0.1, 0.15) is 0 Å². The summed E-state index contributed by atoms with van der Waals surface area (Å²) in [6.07, 6.45) is 4.28. The summed E-state index contributed by atoms with van der Waals surface area (Å²) in [6, 6.07) is 0. The molecule has 1 aromatic heterocycles. The number of nitrogens with zero attached hydrogens (tertiary/aromatic N) is 1. The van der Waals surface area contributed by atoms with Crippen molar-refractivity contribution >= 4 is 6.29 Å². The van der Waals surface area contributed by atoms with Crippen LogP contribution in [0.5, 0.6) is 0 Å². The molecule has 1 aliphatic rings. The topological polar surface area (TPSA) is 22.0 Å². The molecular weight excluding hydrogens is 174 g/mol. The predicted molar refractivity (Wildman–Crippen MR) is 56.6 cm³/mol. The molecule has 0 aromatic carbocycles. The van der Waals surface area contributed by atoms with E-state index in [4.69, 9.17) is 0 Å². The van der Waals surface area contributed by atoms with E-state index in [1.807, 2.05) is 13.1 Å². The zero-order valence-corrected chi connectivity index (χ0v) is 9.08. The number of rotatable bonds is 3. The number of hydrogen-bond acceptors (Lipinski definition) is 1. The predicted octanol–water partition coefficient (Wildman–Crippen LogP) is 2.57. The van der Waals surface area contributed by atoms with Crippen molar-refractivity contribution < 1.29 is 4.79 Å². The minimum absolute atomic E-state index is 0.833. The lowest BCUT2D eigenvalue weighted by Crippen LogP contribution is -2.01. The Morgan fingerprint density at radius 2 is 2.21 bits per heavy atom. The van der Waals surface area contributed by atoms with Crippen LogP contribution < -0.4 is 0 Å². The monoisotopic (exact) mass is 191 g/mol. The highest BCUT2D eigenvalue weighted by molar-refractivity contribution is 5.77. The second-order valence-corrected chi connectivity index (χ2v) is 4.54. The quantitative estimate of drug-likeness (QED) is 0.673. The van der Waals surface area contributed by atoms with Crippen LogP contribution in [0.4, 0.5) is 0 Å². The maximum Gasteiger partial charge on any atom is 0.151 e. The standard InChI is InChI=1S/C12H17NO/c1-8-4-11(8)5-13-6-12(7-14)9(2)10(13)3/h6-8,11H,4-5H2,1-3H3. The molecule has 1 fully saturated rings. The third-order valence-electron chi connectivity index (χ3n) is 3.54. The van der Waals surface area contributed by atoms with Crippen molar-refractivity contribution in [3.05, 3.63) is 23.0 Å². The largest absolute Gasteiger partial charge is 0.350 e. The highest BCUT2D eigenvalue weighted by Crippen LogP contribution is 2.39. The van der Waals surface area contributed by atoms with E-state index in [0.29, 0.717) is 0 Å². The van der Waals surface area contributed by atoms with E-state index in [2.05, 4.69) is 18.4 Å². The average molecular weight is 191 g/mol. The molecule has 0 spiro atoms. The molecule has 2 rings (SSSR count). The number of aldehydes is 1. The summed E-state index contributed by atoms with van der Waals surface area (Å²) in [5, 5.41) is 0. The van der Waals surface area contributed by atoms with Crippen molar-refractivity contribution in [2.75, 3.05) is 0 Å². The molecule has 0 saturated heterocycles. The van der Waals surface area contributed by atoms with Gasteiger partial charge in [-0.25, -0.2) is 0 Å². The molecule has 0 radical (unpaired) electrons. The van der Waals surface area contributed by atoms with Crippen molar-refractivity contribution in [2.45, 2.75) is 33.7 Å². The van der Waals surface area contributed by atoms with E-state index >= 15 is 0 Å². The van der Waals surface area contributed by atoms with E-state index in [1.165, 1.54) is 12.1 Å². The van der Waals surface area contributed by atoms with E-state index in [1.54, 1.807) is 0 Å². The molecular formula is C12H17NO. The van der Waals surface area contributed by atoms with E-state index in [0.717, 1.165) is 35.8 Å². The zero-order valence-electron chi connectivity index (χ0n) is 9.08. The van der Waals surface area contributed by atoms with Crippen molar-refractivity contribution in [3.63, 3.8) is 0 Å². The Morgan fingerprint density at radius 3 is 2.64 bits per heavy atom. The van der Waals surface area contributed by atoms with Crippen LogP contribution in [0.2, 0.25) is 0 Å². The van der Waals surface area contributed by atoms with Crippen LogP contribution in [-0.4, -0.2) is 10.9 Å². The summed E-state index contributed by atoms with van der Waals surface area (Å²) < 4.78 is 2.23. The molecule has 2 heteroatoms. The molecule has 2 atom stereocenters. The van der Waals surface area contributed by atoms with Crippen LogP contribution in [0.1, 0.15) is 35.0 Å². The van der Waals surface area contributed by atoms with Crippen LogP contribution in [0.15, 0.2) is 6.20 Å². The smallest absolute Gasteiger partial charge is 0.151 e. The Bertz CT molecular complexity index is 365. The second kappa shape index (κ2) is 3.26. The van der Waals surface area contributed by atoms with Gasteiger partial charge in [-0.05, 0) is 37.7 Å². The molecule has 76 valence electrons. The first-order valence-electron chi connectivity index (χ1n) is 5.25. The van der Waals surface area contributed by atoms with Gasteiger partial charge in [-0.2, -0.15) is 0 Å². The SMILES string of the molecule is Cc1c(C=O)cn(CC2CC2C)c1C. The first-order chi connectivity index (χ1) is 6.63. The van der Waals surface area contributed by atoms with Crippen LogP contribution in [0.3, 0.4) is 0 Å². The molecule has 14 heavy (non-hydrogen) atoms. The van der Waals surface area contributed by atoms with Crippen molar-refractivity contribution in [2.24, 2.45) is 11.8 Å². The van der Waals surface area contributed by atoms with Crippen LogP contribution >= 0.6 is 0 Å². The lowest BCUT2D eigenvalue weighted by molar-refractivity contribution is 0.112. The molecule has 1 saturated carbocycles. The average Bonchev–Trinajstić information content (AvgIpc) is 2.79. The molecule has 1 heterocycles. The third kappa shape index (κ3) is 1.49. The molecule has 0 N–H and O–H groups in total. The molecule has 0 aliphatic heterocycles. The van der Waals surface area contributed by atoms with Crippen molar-refractivity contribution in [1.82, 2.24) is 4.57 Å². The number of carbonyl (C=O) groups excluding carboxylic acids is 1. The van der Waals surface area contributed by atoms with Crippen molar-refractivity contribution in [1.29, 1.82) is 0 Å². The molecule has 0 bridgehead atoms. The fraction of sp³-hybridized carbons (Fsp3) is 0.583. The van der Waals surface area contributed by atoms with E-state index < -0.39 is 0 Å². The zero-order chi connectivity index (χ0) is 10.3. The first-order valence-corrected chi connectivity index (χ1v) is 5.25.